The molecule has 2 aromatic carbocycles. The summed E-state index contributed by atoms with van der Waals surface area (Å²) in [5.74, 6) is 0.113. The van der Waals surface area contributed by atoms with E-state index in [1.807, 2.05) is 24.3 Å². The first-order valence-electron chi connectivity index (χ1n) is 9.39. The van der Waals surface area contributed by atoms with Crippen molar-refractivity contribution in [1.29, 1.82) is 0 Å². The summed E-state index contributed by atoms with van der Waals surface area (Å²) >= 11 is 1.14. The van der Waals surface area contributed by atoms with Crippen LogP contribution in [0.2, 0.25) is 0 Å². The third kappa shape index (κ3) is 4.72. The highest BCUT2D eigenvalue weighted by atomic mass is 32.1. The summed E-state index contributed by atoms with van der Waals surface area (Å²) < 4.78 is 19.4. The van der Waals surface area contributed by atoms with Crippen molar-refractivity contribution < 1.29 is 13.9 Å². The fourth-order valence-electron chi connectivity index (χ4n) is 3.16. The molecule has 1 fully saturated rings. The van der Waals surface area contributed by atoms with E-state index in [-0.39, 0.29) is 28.1 Å². The Morgan fingerprint density at radius 3 is 2.83 bits per heavy atom. The van der Waals surface area contributed by atoms with Gasteiger partial charge < -0.3 is 21.1 Å². The van der Waals surface area contributed by atoms with Crippen LogP contribution in [0.4, 0.5) is 21.0 Å². The third-order valence-corrected chi connectivity index (χ3v) is 5.59. The Balaban J connectivity index is 1.43. The number of carbonyl (C=O) groups excluding carboxylic acids is 1. The number of nitrogens with two attached hydrogens (primary N) is 1. The summed E-state index contributed by atoms with van der Waals surface area (Å²) in [7, 11) is 0. The fourth-order valence-corrected chi connectivity index (χ4v) is 4.03. The zero-order valence-corrected chi connectivity index (χ0v) is 16.5. The predicted octanol–water partition coefficient (Wildman–Crippen LogP) is 3.97. The number of nitrogens with one attached hydrogen (secondary N) is 2. The number of rotatable bonds is 6. The Labute approximate surface area is 171 Å². The molecule has 8 heteroatoms. The average Bonchev–Trinajstić information content (AvgIpc) is 3.09. The van der Waals surface area contributed by atoms with Gasteiger partial charge in [0.1, 0.15) is 28.4 Å². The van der Waals surface area contributed by atoms with Crippen molar-refractivity contribution in [2.45, 2.75) is 18.9 Å². The molecule has 0 amide bonds. The molecule has 29 heavy (non-hydrogen) atoms. The molecule has 6 nitrogen and oxygen atoms in total. The Morgan fingerprint density at radius 1 is 1.28 bits per heavy atom. The van der Waals surface area contributed by atoms with Gasteiger partial charge in [0.05, 0.1) is 0 Å². The zero-order chi connectivity index (χ0) is 20.2. The van der Waals surface area contributed by atoms with Crippen molar-refractivity contribution in [3.8, 4) is 5.75 Å². The maximum atomic E-state index is 13.4. The van der Waals surface area contributed by atoms with Gasteiger partial charge in [-0.15, -0.1) is 0 Å². The summed E-state index contributed by atoms with van der Waals surface area (Å²) in [6.07, 6.45) is 2.36. The molecule has 1 atom stereocenters. The monoisotopic (exact) mass is 412 g/mol. The maximum absolute atomic E-state index is 13.4. The Hall–Kier alpha value is -2.97. The first-order valence-corrected chi connectivity index (χ1v) is 10.2. The summed E-state index contributed by atoms with van der Waals surface area (Å²) in [6.45, 7) is 1.91. The molecular formula is C21H21FN4O2S. The fraction of sp³-hybridized carbons (Fsp3) is 0.238. The molecule has 2 heterocycles. The number of aromatic nitrogens is 1. The number of hydrogen-bond acceptors (Lipinski definition) is 7. The minimum absolute atomic E-state index is 0.122. The molecule has 0 radical (unpaired) electrons. The van der Waals surface area contributed by atoms with Crippen molar-refractivity contribution in [3.05, 3.63) is 64.8 Å². The van der Waals surface area contributed by atoms with Crippen LogP contribution in [0.25, 0.3) is 0 Å². The van der Waals surface area contributed by atoms with Gasteiger partial charge in [0.2, 0.25) is 5.78 Å². The third-order valence-electron chi connectivity index (χ3n) is 4.61. The first kappa shape index (κ1) is 19.4. The number of anilines is 3. The van der Waals surface area contributed by atoms with E-state index < -0.39 is 5.82 Å². The van der Waals surface area contributed by atoms with Crippen LogP contribution in [0.15, 0.2) is 48.5 Å². The first-order chi connectivity index (χ1) is 14.1. The van der Waals surface area contributed by atoms with Crippen LogP contribution in [-0.2, 0) is 0 Å². The number of benzene rings is 2. The lowest BCUT2D eigenvalue weighted by atomic mass is 10.1. The second-order valence-corrected chi connectivity index (χ2v) is 7.81. The number of carbonyl (C=O) groups is 1. The highest BCUT2D eigenvalue weighted by molar-refractivity contribution is 7.18. The summed E-state index contributed by atoms with van der Waals surface area (Å²) in [5, 5.41) is 6.97. The lowest BCUT2D eigenvalue weighted by molar-refractivity contribution is 0.104. The summed E-state index contributed by atoms with van der Waals surface area (Å²) in [6, 6.07) is 13.1. The summed E-state index contributed by atoms with van der Waals surface area (Å²) in [4.78, 5) is 17.1. The Kier molecular flexibility index (Phi) is 5.73. The molecule has 3 aromatic rings. The highest BCUT2D eigenvalue weighted by Gasteiger charge is 2.19. The van der Waals surface area contributed by atoms with Gasteiger partial charge in [0.25, 0.3) is 0 Å². The van der Waals surface area contributed by atoms with Crippen LogP contribution in [0.5, 0.6) is 5.75 Å². The molecular weight excluding hydrogens is 391 g/mol. The molecule has 4 N–H and O–H groups in total. The average molecular weight is 412 g/mol. The standard InChI is InChI=1S/C21H21FN4O2S/c22-14-4-1-3-13(11-14)18(27)19-20(23)26-21(29-19)25-15-6-8-16(9-7-15)28-17-5-2-10-24-12-17/h1,3-4,6-9,11,17,24H,2,5,10,12,23H2,(H,25,26). The van der Waals surface area contributed by atoms with Gasteiger partial charge in [-0.25, -0.2) is 9.37 Å². The SMILES string of the molecule is Nc1nc(Nc2ccc(OC3CCCNC3)cc2)sc1C(=O)c1cccc(F)c1. The van der Waals surface area contributed by atoms with Crippen molar-refractivity contribution in [3.63, 3.8) is 0 Å². The molecule has 1 unspecified atom stereocenters. The second-order valence-electron chi connectivity index (χ2n) is 6.81. The van der Waals surface area contributed by atoms with Crippen molar-refractivity contribution >= 4 is 33.8 Å². The highest BCUT2D eigenvalue weighted by Crippen LogP contribution is 2.30. The van der Waals surface area contributed by atoms with Gasteiger partial charge in [-0.05, 0) is 55.8 Å². The van der Waals surface area contributed by atoms with Crippen molar-refractivity contribution in [2.75, 3.05) is 24.1 Å². The number of nitrogen functional groups attached to an aromatic ring is 1. The number of hydrogen-bond donors (Lipinski definition) is 3. The zero-order valence-electron chi connectivity index (χ0n) is 15.7. The molecule has 1 aliphatic rings. The van der Waals surface area contributed by atoms with E-state index in [0.29, 0.717) is 5.13 Å². The largest absolute Gasteiger partial charge is 0.489 e. The van der Waals surface area contributed by atoms with E-state index in [1.54, 1.807) is 6.07 Å². The minimum Gasteiger partial charge on any atom is -0.489 e. The second kappa shape index (κ2) is 8.59. The topological polar surface area (TPSA) is 89.3 Å². The number of nitrogens with zero attached hydrogens (tertiary/aromatic N) is 1. The molecule has 0 spiro atoms. The van der Waals surface area contributed by atoms with Crippen LogP contribution in [0.3, 0.4) is 0 Å². The van der Waals surface area contributed by atoms with Crippen LogP contribution >= 0.6 is 11.3 Å². The molecule has 1 aromatic heterocycles. The quantitative estimate of drug-likeness (QED) is 0.531. The molecule has 4 rings (SSSR count). The van der Waals surface area contributed by atoms with Gasteiger partial charge in [-0.2, -0.15) is 0 Å². The van der Waals surface area contributed by atoms with E-state index >= 15 is 0 Å². The molecule has 150 valence electrons. The number of halogens is 1. The number of piperidine rings is 1. The van der Waals surface area contributed by atoms with Crippen LogP contribution in [0, 0.1) is 5.82 Å². The number of thiazole rings is 1. The number of ketones is 1. The van der Waals surface area contributed by atoms with Crippen molar-refractivity contribution in [1.82, 2.24) is 10.3 Å². The van der Waals surface area contributed by atoms with E-state index in [2.05, 4.69) is 15.6 Å². The van der Waals surface area contributed by atoms with Crippen molar-refractivity contribution in [2.24, 2.45) is 0 Å². The van der Waals surface area contributed by atoms with Crippen LogP contribution in [-0.4, -0.2) is 30.0 Å². The van der Waals surface area contributed by atoms with Crippen LogP contribution in [0.1, 0.15) is 28.1 Å². The molecule has 1 saturated heterocycles. The van der Waals surface area contributed by atoms with E-state index in [9.17, 15) is 9.18 Å². The molecule has 0 saturated carbocycles. The van der Waals surface area contributed by atoms with E-state index in [1.165, 1.54) is 18.2 Å². The minimum atomic E-state index is -0.469. The molecule has 1 aliphatic heterocycles. The maximum Gasteiger partial charge on any atom is 0.206 e. The van der Waals surface area contributed by atoms with Gasteiger partial charge in [-0.3, -0.25) is 4.79 Å². The van der Waals surface area contributed by atoms with Gasteiger partial charge in [-0.1, -0.05) is 23.5 Å². The lowest BCUT2D eigenvalue weighted by Gasteiger charge is -2.24. The molecule has 0 aliphatic carbocycles. The lowest BCUT2D eigenvalue weighted by Crippen LogP contribution is -2.37. The normalized spacial score (nSPS) is 16.4. The molecule has 0 bridgehead atoms. The number of ether oxygens (including phenoxy) is 1. The Morgan fingerprint density at radius 2 is 2.10 bits per heavy atom. The smallest absolute Gasteiger partial charge is 0.206 e. The van der Waals surface area contributed by atoms with Gasteiger partial charge in [0, 0.05) is 17.8 Å². The van der Waals surface area contributed by atoms with Gasteiger partial charge >= 0.3 is 0 Å². The van der Waals surface area contributed by atoms with Gasteiger partial charge in [0.15, 0.2) is 5.13 Å². The Bertz CT molecular complexity index is 1000. The summed E-state index contributed by atoms with van der Waals surface area (Å²) in [5.41, 5.74) is 6.96. The predicted molar refractivity (Wildman–Crippen MR) is 113 cm³/mol. The van der Waals surface area contributed by atoms with Crippen LogP contribution < -0.4 is 21.1 Å². The van der Waals surface area contributed by atoms with E-state index in [4.69, 9.17) is 10.5 Å². The van der Waals surface area contributed by atoms with E-state index in [0.717, 1.165) is 48.7 Å².